The molecule has 1 heterocycles. The van der Waals surface area contributed by atoms with Crippen molar-refractivity contribution in [2.75, 3.05) is 0 Å². The number of hydrogen-bond donors (Lipinski definition) is 1. The third-order valence-electron chi connectivity index (χ3n) is 2.42. The lowest BCUT2D eigenvalue weighted by Crippen LogP contribution is -2.03. The summed E-state index contributed by atoms with van der Waals surface area (Å²) < 4.78 is 37.2. The number of rotatable bonds is 3. The lowest BCUT2D eigenvalue weighted by atomic mass is 10.1. The molecule has 7 heteroatoms. The van der Waals surface area contributed by atoms with E-state index in [4.69, 9.17) is 5.73 Å². The second kappa shape index (κ2) is 5.10. The van der Waals surface area contributed by atoms with Crippen molar-refractivity contribution in [2.45, 2.75) is 12.7 Å². The molecule has 19 heavy (non-hydrogen) atoms. The van der Waals surface area contributed by atoms with Crippen LogP contribution in [0.1, 0.15) is 25.8 Å². The topological polar surface area (TPSA) is 56.0 Å². The minimum Gasteiger partial charge on any atom is -0.326 e. The lowest BCUT2D eigenvalue weighted by molar-refractivity contribution is -0.137. The maximum Gasteiger partial charge on any atom is 0.443 e. The molecule has 0 aliphatic heterocycles. The van der Waals surface area contributed by atoms with Crippen LogP contribution in [-0.2, 0) is 12.7 Å². The fourth-order valence-electron chi connectivity index (χ4n) is 1.44. The molecule has 0 bridgehead atoms. The largest absolute Gasteiger partial charge is 0.443 e. The highest BCUT2D eigenvalue weighted by atomic mass is 32.1. The number of ketones is 1. The number of halogens is 3. The standard InChI is InChI=1S/C12H9F3N2OS/c13-12(14,15)11-17-6-9(19-11)10(18)8-3-1-7(5-16)2-4-8/h1-4,6H,5,16H2. The predicted molar refractivity (Wildman–Crippen MR) is 64.9 cm³/mol. The first kappa shape index (κ1) is 13.7. The van der Waals surface area contributed by atoms with E-state index in [1.807, 2.05) is 0 Å². The van der Waals surface area contributed by atoms with Gasteiger partial charge >= 0.3 is 6.18 Å². The molecule has 0 amide bonds. The summed E-state index contributed by atoms with van der Waals surface area (Å²) in [5, 5.41) is -1.02. The number of aromatic nitrogens is 1. The zero-order chi connectivity index (χ0) is 14.0. The number of nitrogens with two attached hydrogens (primary N) is 1. The number of alkyl halides is 3. The number of benzene rings is 1. The second-order valence-electron chi connectivity index (χ2n) is 3.76. The summed E-state index contributed by atoms with van der Waals surface area (Å²) in [4.78, 5) is 15.1. The van der Waals surface area contributed by atoms with Crippen LogP contribution in [0.3, 0.4) is 0 Å². The first-order chi connectivity index (χ1) is 8.91. The Hall–Kier alpha value is -1.73. The van der Waals surface area contributed by atoms with Crippen molar-refractivity contribution in [1.82, 2.24) is 4.98 Å². The van der Waals surface area contributed by atoms with Crippen molar-refractivity contribution >= 4 is 17.1 Å². The molecule has 0 aliphatic rings. The fourth-order valence-corrected chi connectivity index (χ4v) is 2.19. The van der Waals surface area contributed by atoms with Gasteiger partial charge in [0.1, 0.15) is 0 Å². The van der Waals surface area contributed by atoms with E-state index in [0.717, 1.165) is 11.8 Å². The molecular weight excluding hydrogens is 277 g/mol. The number of carbonyl (C=O) groups is 1. The molecule has 0 unspecified atom stereocenters. The zero-order valence-electron chi connectivity index (χ0n) is 9.57. The van der Waals surface area contributed by atoms with Gasteiger partial charge < -0.3 is 5.73 Å². The quantitative estimate of drug-likeness (QED) is 0.883. The average molecular weight is 286 g/mol. The number of hydrogen-bond acceptors (Lipinski definition) is 4. The third kappa shape index (κ3) is 2.99. The highest BCUT2D eigenvalue weighted by Crippen LogP contribution is 2.33. The van der Waals surface area contributed by atoms with Crippen molar-refractivity contribution in [2.24, 2.45) is 5.73 Å². The lowest BCUT2D eigenvalue weighted by Gasteiger charge is -2.00. The van der Waals surface area contributed by atoms with Gasteiger partial charge in [0.2, 0.25) is 5.78 Å². The predicted octanol–water partition coefficient (Wildman–Crippen LogP) is 2.85. The van der Waals surface area contributed by atoms with E-state index in [9.17, 15) is 18.0 Å². The molecule has 0 radical (unpaired) electrons. The Labute approximate surface area is 110 Å². The summed E-state index contributed by atoms with van der Waals surface area (Å²) in [5.74, 6) is -0.475. The van der Waals surface area contributed by atoms with E-state index >= 15 is 0 Å². The van der Waals surface area contributed by atoms with Crippen LogP contribution in [0.4, 0.5) is 13.2 Å². The van der Waals surface area contributed by atoms with Crippen LogP contribution < -0.4 is 5.73 Å². The summed E-state index contributed by atoms with van der Waals surface area (Å²) in [6, 6.07) is 6.41. The Bertz CT molecular complexity index is 590. The Balaban J connectivity index is 2.26. The van der Waals surface area contributed by atoms with Crippen molar-refractivity contribution in [3.63, 3.8) is 0 Å². The van der Waals surface area contributed by atoms with Crippen LogP contribution in [0.15, 0.2) is 30.5 Å². The minimum absolute atomic E-state index is 0.0344. The van der Waals surface area contributed by atoms with Crippen molar-refractivity contribution < 1.29 is 18.0 Å². The van der Waals surface area contributed by atoms with Crippen molar-refractivity contribution in [1.29, 1.82) is 0 Å². The SMILES string of the molecule is NCc1ccc(C(=O)c2cnc(C(F)(F)F)s2)cc1. The highest BCUT2D eigenvalue weighted by molar-refractivity contribution is 7.13. The molecule has 2 aromatic rings. The minimum atomic E-state index is -4.52. The summed E-state index contributed by atoms with van der Waals surface area (Å²) in [7, 11) is 0. The first-order valence-electron chi connectivity index (χ1n) is 5.28. The van der Waals surface area contributed by atoms with Crippen LogP contribution in [0.5, 0.6) is 0 Å². The van der Waals surface area contributed by atoms with Gasteiger partial charge in [0.05, 0.1) is 4.88 Å². The molecule has 2 N–H and O–H groups in total. The summed E-state index contributed by atoms with van der Waals surface area (Å²) in [6.07, 6.45) is -3.57. The van der Waals surface area contributed by atoms with Gasteiger partial charge in [0.25, 0.3) is 0 Å². The van der Waals surface area contributed by atoms with Crippen molar-refractivity contribution in [3.8, 4) is 0 Å². The normalized spacial score (nSPS) is 11.6. The monoisotopic (exact) mass is 286 g/mol. The van der Waals surface area contributed by atoms with Gasteiger partial charge in [-0.3, -0.25) is 4.79 Å². The second-order valence-corrected chi connectivity index (χ2v) is 4.79. The molecule has 0 spiro atoms. The Morgan fingerprint density at radius 3 is 2.37 bits per heavy atom. The van der Waals surface area contributed by atoms with Crippen LogP contribution in [0, 0.1) is 0 Å². The smallest absolute Gasteiger partial charge is 0.326 e. The molecule has 0 saturated carbocycles. The maximum absolute atomic E-state index is 12.4. The van der Waals surface area contributed by atoms with E-state index < -0.39 is 17.0 Å². The summed E-state index contributed by atoms with van der Waals surface area (Å²) in [5.41, 5.74) is 6.58. The van der Waals surface area contributed by atoms with Gasteiger partial charge in [-0.25, -0.2) is 4.98 Å². The van der Waals surface area contributed by atoms with Gasteiger partial charge in [0, 0.05) is 18.3 Å². The maximum atomic E-state index is 12.4. The van der Waals surface area contributed by atoms with E-state index in [2.05, 4.69) is 4.98 Å². The third-order valence-corrected chi connectivity index (χ3v) is 3.46. The van der Waals surface area contributed by atoms with Crippen molar-refractivity contribution in [3.05, 3.63) is 51.5 Å². The Kier molecular flexibility index (Phi) is 3.68. The van der Waals surface area contributed by atoms with E-state index in [0.29, 0.717) is 23.4 Å². The average Bonchev–Trinajstić information content (AvgIpc) is 2.87. The number of thiazole rings is 1. The molecule has 0 aliphatic carbocycles. The van der Waals surface area contributed by atoms with E-state index in [1.165, 1.54) is 12.1 Å². The van der Waals surface area contributed by atoms with Gasteiger partial charge in [-0.2, -0.15) is 13.2 Å². The molecule has 1 aromatic heterocycles. The van der Waals surface area contributed by atoms with Gasteiger partial charge in [-0.15, -0.1) is 11.3 Å². The van der Waals surface area contributed by atoms with Gasteiger partial charge in [-0.05, 0) is 5.56 Å². The Morgan fingerprint density at radius 2 is 1.89 bits per heavy atom. The zero-order valence-corrected chi connectivity index (χ0v) is 10.4. The van der Waals surface area contributed by atoms with Crippen LogP contribution in [-0.4, -0.2) is 10.8 Å². The molecule has 3 nitrogen and oxygen atoms in total. The molecule has 0 fully saturated rings. The first-order valence-corrected chi connectivity index (χ1v) is 6.10. The molecular formula is C12H9F3N2OS. The van der Waals surface area contributed by atoms with Crippen LogP contribution in [0.25, 0.3) is 0 Å². The van der Waals surface area contributed by atoms with Gasteiger partial charge in [-0.1, -0.05) is 24.3 Å². The van der Waals surface area contributed by atoms with Gasteiger partial charge in [0.15, 0.2) is 5.01 Å². The number of carbonyl (C=O) groups excluding carboxylic acids is 1. The number of nitrogens with zero attached hydrogens (tertiary/aromatic N) is 1. The molecule has 2 rings (SSSR count). The van der Waals surface area contributed by atoms with Crippen LogP contribution >= 0.6 is 11.3 Å². The van der Waals surface area contributed by atoms with E-state index in [1.54, 1.807) is 12.1 Å². The highest BCUT2D eigenvalue weighted by Gasteiger charge is 2.35. The Morgan fingerprint density at radius 1 is 1.26 bits per heavy atom. The fraction of sp³-hybridized carbons (Fsp3) is 0.167. The van der Waals surface area contributed by atoms with E-state index in [-0.39, 0.29) is 4.88 Å². The summed E-state index contributed by atoms with van der Waals surface area (Å²) in [6.45, 7) is 0.341. The summed E-state index contributed by atoms with van der Waals surface area (Å²) >= 11 is 0.342. The molecule has 1 aromatic carbocycles. The molecule has 100 valence electrons. The molecule has 0 atom stereocenters. The van der Waals surface area contributed by atoms with Crippen LogP contribution in [0.2, 0.25) is 0 Å². The molecule has 0 saturated heterocycles.